The largest absolute Gasteiger partial charge is 0.489 e. The number of amides is 3. The molecule has 1 atom stereocenters. The van der Waals surface area contributed by atoms with Gasteiger partial charge in [0.1, 0.15) is 29.8 Å². The number of ether oxygens (including phenoxy) is 1. The smallest absolute Gasteiger partial charge is 0.329 e. The van der Waals surface area contributed by atoms with E-state index in [0.717, 1.165) is 24.5 Å². The van der Waals surface area contributed by atoms with Crippen LogP contribution in [0.4, 0.5) is 15.0 Å². The molecule has 2 aliphatic heterocycles. The maximum absolute atomic E-state index is 14.2. The number of imidazole rings is 1. The van der Waals surface area contributed by atoms with Gasteiger partial charge in [0.05, 0.1) is 11.2 Å². The maximum atomic E-state index is 14.2. The molecule has 3 heterocycles. The fraction of sp³-hybridized carbons (Fsp3) is 0.343. The van der Waals surface area contributed by atoms with E-state index in [-0.39, 0.29) is 24.8 Å². The number of halogens is 2. The number of benzene rings is 3. The first-order valence-corrected chi connectivity index (χ1v) is 15.9. The van der Waals surface area contributed by atoms with Crippen LogP contribution in [0.5, 0.6) is 5.75 Å². The normalized spacial score (nSPS) is 18.8. The maximum Gasteiger partial charge on any atom is 0.329 e. The SMILES string of the molecule is Cn1c(N2CCC(=O)NC2=O)cnc1-c1ccc2c(c1)[C@@H](C1CCCC1)N(Cc1ccc(OCc3c(F)cccc3Cl)cc1)C2. The minimum atomic E-state index is -0.416. The summed E-state index contributed by atoms with van der Waals surface area (Å²) >= 11 is 6.16. The third-order valence-electron chi connectivity index (χ3n) is 9.38. The van der Waals surface area contributed by atoms with Crippen LogP contribution in [-0.4, -0.2) is 32.9 Å². The summed E-state index contributed by atoms with van der Waals surface area (Å²) < 4.78 is 22.0. The van der Waals surface area contributed by atoms with E-state index >= 15 is 0 Å². The predicted octanol–water partition coefficient (Wildman–Crippen LogP) is 7.15. The minimum Gasteiger partial charge on any atom is -0.489 e. The van der Waals surface area contributed by atoms with Gasteiger partial charge in [-0.05, 0) is 65.8 Å². The van der Waals surface area contributed by atoms with Crippen molar-refractivity contribution < 1.29 is 18.7 Å². The molecule has 8 nitrogen and oxygen atoms in total. The van der Waals surface area contributed by atoms with E-state index in [1.165, 1.54) is 48.4 Å². The Hall–Kier alpha value is -4.21. The average molecular weight is 628 g/mol. The van der Waals surface area contributed by atoms with Crippen LogP contribution in [-0.2, 0) is 31.5 Å². The number of nitrogens with one attached hydrogen (secondary N) is 1. The van der Waals surface area contributed by atoms with Crippen molar-refractivity contribution >= 4 is 29.4 Å². The van der Waals surface area contributed by atoms with E-state index in [1.807, 2.05) is 23.7 Å². The second-order valence-electron chi connectivity index (χ2n) is 12.2. The summed E-state index contributed by atoms with van der Waals surface area (Å²) in [5.74, 6) is 2.07. The van der Waals surface area contributed by atoms with Gasteiger partial charge in [0.25, 0.3) is 0 Å². The molecule has 232 valence electrons. The van der Waals surface area contributed by atoms with Gasteiger partial charge in [0.2, 0.25) is 5.91 Å². The van der Waals surface area contributed by atoms with E-state index in [0.29, 0.717) is 40.7 Å². The number of urea groups is 1. The van der Waals surface area contributed by atoms with Gasteiger partial charge in [-0.3, -0.25) is 19.9 Å². The Balaban J connectivity index is 1.10. The van der Waals surface area contributed by atoms with Crippen molar-refractivity contribution in [1.29, 1.82) is 0 Å². The molecule has 3 amide bonds. The van der Waals surface area contributed by atoms with Crippen molar-refractivity contribution in [3.05, 3.63) is 100.0 Å². The summed E-state index contributed by atoms with van der Waals surface area (Å²) in [6.45, 7) is 2.08. The number of aromatic nitrogens is 2. The zero-order valence-electron chi connectivity index (χ0n) is 25.1. The number of hydrogen-bond donors (Lipinski definition) is 1. The highest BCUT2D eigenvalue weighted by molar-refractivity contribution is 6.31. The summed E-state index contributed by atoms with van der Waals surface area (Å²) in [6.07, 6.45) is 6.91. The Labute approximate surface area is 266 Å². The van der Waals surface area contributed by atoms with Crippen LogP contribution in [0.1, 0.15) is 60.4 Å². The van der Waals surface area contributed by atoms with E-state index in [4.69, 9.17) is 21.3 Å². The lowest BCUT2D eigenvalue weighted by molar-refractivity contribution is -0.120. The standard InChI is InChI=1S/C35H35ClFN5O3/c1-40-32(42-16-15-31(43)39-35(42)44)18-38-34(40)24-11-12-25-20-41(33(27(25)17-24)23-5-2-3-6-23)19-22-9-13-26(14-10-22)45-21-28-29(36)7-4-8-30(28)37/h4,7-14,17-18,23,33H,2-3,5-6,15-16,19-21H2,1H3,(H,39,43,44)/t33-/m1/s1. The molecule has 45 heavy (non-hydrogen) atoms. The van der Waals surface area contributed by atoms with Crippen molar-refractivity contribution in [3.8, 4) is 17.1 Å². The molecule has 7 rings (SSSR count). The molecule has 1 saturated carbocycles. The average Bonchev–Trinajstić information content (AvgIpc) is 3.76. The quantitative estimate of drug-likeness (QED) is 0.224. The first-order valence-electron chi connectivity index (χ1n) is 15.5. The Kier molecular flexibility index (Phi) is 8.06. The molecule has 1 N–H and O–H groups in total. The van der Waals surface area contributed by atoms with E-state index in [1.54, 1.807) is 23.2 Å². The van der Waals surface area contributed by atoms with E-state index in [2.05, 4.69) is 40.5 Å². The van der Waals surface area contributed by atoms with Crippen molar-refractivity contribution in [2.45, 2.75) is 57.8 Å². The van der Waals surface area contributed by atoms with Gasteiger partial charge in [-0.1, -0.05) is 54.8 Å². The van der Waals surface area contributed by atoms with Gasteiger partial charge < -0.3 is 9.30 Å². The molecule has 0 unspecified atom stereocenters. The highest BCUT2D eigenvalue weighted by Gasteiger charge is 2.37. The van der Waals surface area contributed by atoms with Gasteiger partial charge >= 0.3 is 6.03 Å². The molecule has 3 aliphatic rings. The molecule has 0 spiro atoms. The molecule has 10 heteroatoms. The molecule has 0 radical (unpaired) electrons. The summed E-state index contributed by atoms with van der Waals surface area (Å²) in [5.41, 5.74) is 5.24. The lowest BCUT2D eigenvalue weighted by Gasteiger charge is -2.30. The van der Waals surface area contributed by atoms with Crippen molar-refractivity contribution in [3.63, 3.8) is 0 Å². The molecule has 2 fully saturated rings. The number of fused-ring (bicyclic) bond motifs is 1. The van der Waals surface area contributed by atoms with Crippen LogP contribution in [0.3, 0.4) is 0 Å². The highest BCUT2D eigenvalue weighted by atomic mass is 35.5. The van der Waals surface area contributed by atoms with Gasteiger partial charge in [0.15, 0.2) is 0 Å². The van der Waals surface area contributed by atoms with Crippen LogP contribution >= 0.6 is 11.6 Å². The van der Waals surface area contributed by atoms with Crippen molar-refractivity contribution in [1.82, 2.24) is 19.8 Å². The van der Waals surface area contributed by atoms with Crippen molar-refractivity contribution in [2.75, 3.05) is 11.4 Å². The molecule has 4 aromatic rings. The second kappa shape index (κ2) is 12.3. The number of carbonyl (C=O) groups excluding carboxylic acids is 2. The zero-order chi connectivity index (χ0) is 31.1. The molecular formula is C35H35ClFN5O3. The third kappa shape index (κ3) is 5.82. The lowest BCUT2D eigenvalue weighted by Crippen LogP contribution is -2.50. The van der Waals surface area contributed by atoms with Crippen LogP contribution in [0.2, 0.25) is 5.02 Å². The van der Waals surface area contributed by atoms with Crippen LogP contribution in [0.15, 0.2) is 66.9 Å². The Morgan fingerprint density at radius 2 is 1.87 bits per heavy atom. The highest BCUT2D eigenvalue weighted by Crippen LogP contribution is 2.47. The van der Waals surface area contributed by atoms with Gasteiger partial charge in [-0.25, -0.2) is 14.2 Å². The monoisotopic (exact) mass is 627 g/mol. The van der Waals surface area contributed by atoms with Gasteiger partial charge in [0, 0.05) is 50.3 Å². The summed E-state index contributed by atoms with van der Waals surface area (Å²) in [4.78, 5) is 33.0. The number of rotatable bonds is 8. The topological polar surface area (TPSA) is 79.7 Å². The number of nitrogens with zero attached hydrogens (tertiary/aromatic N) is 4. The first kappa shape index (κ1) is 29.5. The minimum absolute atomic E-state index is 0.0702. The molecule has 1 saturated heterocycles. The Bertz CT molecular complexity index is 1730. The molecule has 3 aromatic carbocycles. The molecule has 1 aliphatic carbocycles. The molecular weight excluding hydrogens is 593 g/mol. The zero-order valence-corrected chi connectivity index (χ0v) is 25.9. The number of imide groups is 1. The summed E-state index contributed by atoms with van der Waals surface area (Å²) in [6, 6.07) is 19.2. The predicted molar refractivity (Wildman–Crippen MR) is 170 cm³/mol. The van der Waals surface area contributed by atoms with Gasteiger partial charge in [-0.2, -0.15) is 0 Å². The Morgan fingerprint density at radius 1 is 1.07 bits per heavy atom. The summed E-state index contributed by atoms with van der Waals surface area (Å²) in [5, 5.41) is 2.75. The van der Waals surface area contributed by atoms with Crippen LogP contribution in [0.25, 0.3) is 11.4 Å². The van der Waals surface area contributed by atoms with E-state index < -0.39 is 6.03 Å². The fourth-order valence-corrected chi connectivity index (χ4v) is 7.32. The van der Waals surface area contributed by atoms with Crippen LogP contribution < -0.4 is 15.0 Å². The summed E-state index contributed by atoms with van der Waals surface area (Å²) in [7, 11) is 1.91. The lowest BCUT2D eigenvalue weighted by atomic mass is 9.90. The second-order valence-corrected chi connectivity index (χ2v) is 12.6. The number of carbonyl (C=O) groups is 2. The Morgan fingerprint density at radius 3 is 2.62 bits per heavy atom. The van der Waals surface area contributed by atoms with Crippen molar-refractivity contribution in [2.24, 2.45) is 13.0 Å². The fourth-order valence-electron chi connectivity index (χ4n) is 7.10. The van der Waals surface area contributed by atoms with Crippen LogP contribution in [0, 0.1) is 11.7 Å². The first-order chi connectivity index (χ1) is 21.9. The molecule has 1 aromatic heterocycles. The molecule has 0 bridgehead atoms. The van der Waals surface area contributed by atoms with Gasteiger partial charge in [-0.15, -0.1) is 0 Å². The third-order valence-corrected chi connectivity index (χ3v) is 9.74. The number of hydrogen-bond acceptors (Lipinski definition) is 5. The van der Waals surface area contributed by atoms with E-state index in [9.17, 15) is 14.0 Å². The number of anilines is 1.